The third-order valence-corrected chi connectivity index (χ3v) is 6.41. The van der Waals surface area contributed by atoms with Crippen LogP contribution in [0, 0.1) is 6.92 Å². The smallest absolute Gasteiger partial charge is 0.267 e. The molecule has 150 valence electrons. The molecular weight excluding hydrogens is 402 g/mol. The third kappa shape index (κ3) is 3.83. The maximum atomic E-state index is 12.8. The SMILES string of the molecule is Cc1ccc(S(=O)(=O)n2ccc(-c3nc(C4CNCCN4C)no3)c2)cc1.Cl. The minimum atomic E-state index is -3.66. The Labute approximate surface area is 170 Å². The Bertz CT molecular complexity index is 1050. The molecule has 0 amide bonds. The third-order valence-electron chi connectivity index (χ3n) is 4.76. The van der Waals surface area contributed by atoms with Crippen molar-refractivity contribution in [1.82, 2.24) is 24.3 Å². The molecule has 8 nitrogen and oxygen atoms in total. The van der Waals surface area contributed by atoms with Crippen LogP contribution in [0.5, 0.6) is 0 Å². The van der Waals surface area contributed by atoms with Crippen molar-refractivity contribution in [3.8, 4) is 11.5 Å². The fraction of sp³-hybridized carbons (Fsp3) is 0.333. The molecule has 10 heteroatoms. The molecule has 1 aliphatic rings. The van der Waals surface area contributed by atoms with Gasteiger partial charge in [0, 0.05) is 32.0 Å². The molecule has 0 spiro atoms. The monoisotopic (exact) mass is 423 g/mol. The predicted molar refractivity (Wildman–Crippen MR) is 107 cm³/mol. The predicted octanol–water partition coefficient (Wildman–Crippen LogP) is 2.08. The minimum Gasteiger partial charge on any atom is -0.334 e. The van der Waals surface area contributed by atoms with Gasteiger partial charge in [-0.15, -0.1) is 12.4 Å². The quantitative estimate of drug-likeness (QED) is 0.686. The highest BCUT2D eigenvalue weighted by molar-refractivity contribution is 7.90. The van der Waals surface area contributed by atoms with Crippen LogP contribution in [0.25, 0.3) is 11.5 Å². The molecule has 1 unspecified atom stereocenters. The van der Waals surface area contributed by atoms with Gasteiger partial charge in [-0.3, -0.25) is 4.90 Å². The van der Waals surface area contributed by atoms with E-state index < -0.39 is 10.0 Å². The van der Waals surface area contributed by atoms with E-state index in [4.69, 9.17) is 4.52 Å². The first kappa shape index (κ1) is 20.5. The van der Waals surface area contributed by atoms with E-state index in [2.05, 4.69) is 20.4 Å². The Hall–Kier alpha value is -2.20. The molecule has 4 rings (SSSR count). The van der Waals surface area contributed by atoms with E-state index in [0.29, 0.717) is 17.3 Å². The van der Waals surface area contributed by atoms with Gasteiger partial charge in [0.25, 0.3) is 15.9 Å². The van der Waals surface area contributed by atoms with E-state index in [-0.39, 0.29) is 23.3 Å². The summed E-state index contributed by atoms with van der Waals surface area (Å²) in [5.41, 5.74) is 1.57. The van der Waals surface area contributed by atoms with Crippen molar-refractivity contribution >= 4 is 22.4 Å². The molecule has 0 bridgehead atoms. The lowest BCUT2D eigenvalue weighted by Gasteiger charge is -2.30. The largest absolute Gasteiger partial charge is 0.334 e. The van der Waals surface area contributed by atoms with Gasteiger partial charge in [-0.25, -0.2) is 12.4 Å². The fourth-order valence-corrected chi connectivity index (χ4v) is 4.26. The normalized spacial score (nSPS) is 18.0. The number of benzene rings is 1. The summed E-state index contributed by atoms with van der Waals surface area (Å²) in [5, 5.41) is 7.39. The van der Waals surface area contributed by atoms with E-state index in [0.717, 1.165) is 25.2 Å². The fourth-order valence-electron chi connectivity index (χ4n) is 3.07. The van der Waals surface area contributed by atoms with Gasteiger partial charge >= 0.3 is 0 Å². The summed E-state index contributed by atoms with van der Waals surface area (Å²) in [4.78, 5) is 6.86. The summed E-state index contributed by atoms with van der Waals surface area (Å²) in [6.07, 6.45) is 2.98. The van der Waals surface area contributed by atoms with Gasteiger partial charge in [-0.05, 0) is 32.2 Å². The van der Waals surface area contributed by atoms with Crippen molar-refractivity contribution in [1.29, 1.82) is 0 Å². The second kappa shape index (κ2) is 8.04. The number of likely N-dealkylation sites (N-methyl/N-ethyl adjacent to an activating group) is 1. The molecule has 0 radical (unpaired) electrons. The standard InChI is InChI=1S/C18H21N5O3S.ClH/c1-13-3-5-15(6-4-13)27(24,25)23-9-7-14(12-23)18-20-17(21-26-18)16-11-19-8-10-22(16)2;/h3-7,9,12,16,19H,8,10-11H2,1-2H3;1H. The number of nitrogens with zero attached hydrogens (tertiary/aromatic N) is 4. The topological polar surface area (TPSA) is 93.3 Å². The molecule has 3 aromatic rings. The highest BCUT2D eigenvalue weighted by Crippen LogP contribution is 2.24. The van der Waals surface area contributed by atoms with Crippen molar-refractivity contribution in [3.05, 3.63) is 54.1 Å². The number of hydrogen-bond acceptors (Lipinski definition) is 7. The average Bonchev–Trinajstić information content (AvgIpc) is 3.32. The molecule has 1 aliphatic heterocycles. The molecule has 28 heavy (non-hydrogen) atoms. The zero-order valence-electron chi connectivity index (χ0n) is 15.6. The zero-order valence-corrected chi connectivity index (χ0v) is 17.2. The summed E-state index contributed by atoms with van der Waals surface area (Å²) in [5.74, 6) is 0.899. The average molecular weight is 424 g/mol. The number of aromatic nitrogens is 3. The lowest BCUT2D eigenvalue weighted by molar-refractivity contribution is 0.190. The molecule has 3 heterocycles. The molecular formula is C18H22ClN5O3S. The van der Waals surface area contributed by atoms with Gasteiger partial charge in [-0.1, -0.05) is 22.9 Å². The van der Waals surface area contributed by atoms with E-state index in [1.807, 2.05) is 14.0 Å². The van der Waals surface area contributed by atoms with Crippen LogP contribution < -0.4 is 5.32 Å². The molecule has 1 atom stereocenters. The van der Waals surface area contributed by atoms with Gasteiger partial charge in [0.2, 0.25) is 0 Å². The van der Waals surface area contributed by atoms with Crippen LogP contribution in [-0.2, 0) is 10.0 Å². The number of halogens is 1. The lowest BCUT2D eigenvalue weighted by atomic mass is 10.2. The van der Waals surface area contributed by atoms with E-state index in [9.17, 15) is 8.42 Å². The number of piperazine rings is 1. The van der Waals surface area contributed by atoms with Crippen molar-refractivity contribution in [2.24, 2.45) is 0 Å². The summed E-state index contributed by atoms with van der Waals surface area (Å²) in [6, 6.07) is 8.44. The highest BCUT2D eigenvalue weighted by atomic mass is 35.5. The van der Waals surface area contributed by atoms with Gasteiger partial charge in [0.15, 0.2) is 5.82 Å². The Morgan fingerprint density at radius 1 is 1.21 bits per heavy atom. The number of aryl methyl sites for hydroxylation is 1. The minimum absolute atomic E-state index is 0. The first-order valence-electron chi connectivity index (χ1n) is 8.70. The molecule has 0 saturated carbocycles. The first-order valence-corrected chi connectivity index (χ1v) is 10.1. The van der Waals surface area contributed by atoms with Crippen LogP contribution in [0.1, 0.15) is 17.4 Å². The molecule has 1 fully saturated rings. The van der Waals surface area contributed by atoms with Crippen LogP contribution in [0.4, 0.5) is 0 Å². The maximum Gasteiger partial charge on any atom is 0.267 e. The molecule has 1 N–H and O–H groups in total. The van der Waals surface area contributed by atoms with Crippen molar-refractivity contribution < 1.29 is 12.9 Å². The van der Waals surface area contributed by atoms with E-state index >= 15 is 0 Å². The molecule has 1 saturated heterocycles. The van der Waals surface area contributed by atoms with Gasteiger partial charge in [0.05, 0.1) is 16.5 Å². The Balaban J connectivity index is 0.00000225. The van der Waals surface area contributed by atoms with Gasteiger partial charge in [-0.2, -0.15) is 4.98 Å². The van der Waals surface area contributed by atoms with Crippen molar-refractivity contribution in [3.63, 3.8) is 0 Å². The summed E-state index contributed by atoms with van der Waals surface area (Å²) in [7, 11) is -1.64. The maximum absolute atomic E-state index is 12.8. The number of nitrogens with one attached hydrogen (secondary N) is 1. The second-order valence-corrected chi connectivity index (χ2v) is 8.55. The van der Waals surface area contributed by atoms with Crippen LogP contribution in [0.15, 0.2) is 52.1 Å². The van der Waals surface area contributed by atoms with Crippen molar-refractivity contribution in [2.45, 2.75) is 17.9 Å². The highest BCUT2D eigenvalue weighted by Gasteiger charge is 2.26. The van der Waals surface area contributed by atoms with Crippen molar-refractivity contribution in [2.75, 3.05) is 26.7 Å². The summed E-state index contributed by atoms with van der Waals surface area (Å²) >= 11 is 0. The lowest BCUT2D eigenvalue weighted by Crippen LogP contribution is -2.44. The summed E-state index contributed by atoms with van der Waals surface area (Å²) < 4.78 is 32.1. The summed E-state index contributed by atoms with van der Waals surface area (Å²) in [6.45, 7) is 4.49. The van der Waals surface area contributed by atoms with Gasteiger partial charge < -0.3 is 9.84 Å². The zero-order chi connectivity index (χ0) is 19.0. The first-order chi connectivity index (χ1) is 12.9. The Morgan fingerprint density at radius 3 is 2.68 bits per heavy atom. The van der Waals surface area contributed by atoms with Gasteiger partial charge in [0.1, 0.15) is 0 Å². The van der Waals surface area contributed by atoms with Crippen LogP contribution in [0.2, 0.25) is 0 Å². The number of rotatable bonds is 4. The van der Waals surface area contributed by atoms with E-state index in [1.54, 1.807) is 30.3 Å². The second-order valence-electron chi connectivity index (χ2n) is 6.71. The Kier molecular flexibility index (Phi) is 5.90. The van der Waals surface area contributed by atoms with Crippen LogP contribution in [-0.4, -0.2) is 54.1 Å². The van der Waals surface area contributed by atoms with Crippen LogP contribution >= 0.6 is 12.4 Å². The van der Waals surface area contributed by atoms with E-state index in [1.165, 1.54) is 16.4 Å². The molecule has 0 aliphatic carbocycles. The molecule has 2 aromatic heterocycles. The molecule has 1 aromatic carbocycles. The van der Waals surface area contributed by atoms with Crippen LogP contribution in [0.3, 0.4) is 0 Å². The number of hydrogen-bond donors (Lipinski definition) is 1. The Morgan fingerprint density at radius 2 is 1.96 bits per heavy atom.